The van der Waals surface area contributed by atoms with Crippen molar-refractivity contribution in [2.45, 2.75) is 19.3 Å². The van der Waals surface area contributed by atoms with Gasteiger partial charge in [0.25, 0.3) is 0 Å². The molecule has 1 atom stereocenters. The van der Waals surface area contributed by atoms with Crippen molar-refractivity contribution in [2.24, 2.45) is 5.92 Å². The van der Waals surface area contributed by atoms with Crippen LogP contribution < -0.4 is 9.80 Å². The van der Waals surface area contributed by atoms with E-state index in [1.807, 2.05) is 11.3 Å². The smallest absolute Gasteiger partial charge is 0.134 e. The van der Waals surface area contributed by atoms with Crippen LogP contribution in [0.25, 0.3) is 5.57 Å². The Hall–Kier alpha value is -1.92. The van der Waals surface area contributed by atoms with E-state index in [9.17, 15) is 5.11 Å². The van der Waals surface area contributed by atoms with Gasteiger partial charge in [-0.1, -0.05) is 12.1 Å². The highest BCUT2D eigenvalue weighted by Crippen LogP contribution is 2.29. The maximum atomic E-state index is 9.44. The number of nitrogens with zero attached hydrogens (tertiary/aromatic N) is 4. The standard InChI is InChI=1S/C19H24N4OS/c24-13-15-3-1-7-23(12-15)19-11-18(20-14-21-19)22-8-5-16(6-9-22)17-4-2-10-25-17/h2,4-5,10-11,14-15,24H,1,3,6-9,12-13H2. The number of aliphatic hydroxyl groups is 1. The van der Waals surface area contributed by atoms with Gasteiger partial charge in [0.1, 0.15) is 18.0 Å². The van der Waals surface area contributed by atoms with E-state index < -0.39 is 0 Å². The fourth-order valence-corrected chi connectivity index (χ4v) is 4.47. The average Bonchev–Trinajstić information content (AvgIpc) is 3.23. The molecular weight excluding hydrogens is 332 g/mol. The summed E-state index contributed by atoms with van der Waals surface area (Å²) < 4.78 is 0. The third kappa shape index (κ3) is 3.70. The van der Waals surface area contributed by atoms with Crippen LogP contribution in [0, 0.1) is 5.92 Å². The average molecular weight is 356 g/mol. The van der Waals surface area contributed by atoms with Crippen LogP contribution >= 0.6 is 11.3 Å². The number of aliphatic hydroxyl groups excluding tert-OH is 1. The fraction of sp³-hybridized carbons (Fsp3) is 0.474. The van der Waals surface area contributed by atoms with Crippen molar-refractivity contribution >= 4 is 28.5 Å². The quantitative estimate of drug-likeness (QED) is 0.912. The van der Waals surface area contributed by atoms with Crippen LogP contribution in [-0.2, 0) is 0 Å². The van der Waals surface area contributed by atoms with Crippen molar-refractivity contribution in [3.63, 3.8) is 0 Å². The van der Waals surface area contributed by atoms with E-state index in [2.05, 4.69) is 49.4 Å². The Bertz CT molecular complexity index is 731. The second-order valence-corrected chi connectivity index (χ2v) is 7.72. The Balaban J connectivity index is 1.47. The third-order valence-electron chi connectivity index (χ3n) is 5.11. The molecule has 2 aliphatic heterocycles. The highest BCUT2D eigenvalue weighted by Gasteiger charge is 2.22. The summed E-state index contributed by atoms with van der Waals surface area (Å²) in [7, 11) is 0. The van der Waals surface area contributed by atoms with Gasteiger partial charge in [0, 0.05) is 43.7 Å². The van der Waals surface area contributed by atoms with E-state index in [4.69, 9.17) is 0 Å². The molecule has 1 fully saturated rings. The molecule has 1 saturated heterocycles. The highest BCUT2D eigenvalue weighted by molar-refractivity contribution is 7.11. The number of hydrogen-bond acceptors (Lipinski definition) is 6. The second kappa shape index (κ2) is 7.54. The molecule has 25 heavy (non-hydrogen) atoms. The van der Waals surface area contributed by atoms with Gasteiger partial charge in [-0.15, -0.1) is 11.3 Å². The number of aromatic nitrogens is 2. The third-order valence-corrected chi connectivity index (χ3v) is 6.06. The molecule has 4 heterocycles. The molecule has 0 spiro atoms. The lowest BCUT2D eigenvalue weighted by atomic mass is 9.99. The van der Waals surface area contributed by atoms with Gasteiger partial charge in [-0.25, -0.2) is 9.97 Å². The van der Waals surface area contributed by atoms with E-state index in [1.54, 1.807) is 6.33 Å². The van der Waals surface area contributed by atoms with E-state index in [1.165, 1.54) is 10.5 Å². The van der Waals surface area contributed by atoms with Gasteiger partial charge in [0.05, 0.1) is 0 Å². The van der Waals surface area contributed by atoms with Gasteiger partial charge in [-0.2, -0.15) is 0 Å². The van der Waals surface area contributed by atoms with Crippen LogP contribution in [0.3, 0.4) is 0 Å². The number of rotatable bonds is 4. The lowest BCUT2D eigenvalue weighted by Gasteiger charge is -2.33. The van der Waals surface area contributed by atoms with Gasteiger partial charge >= 0.3 is 0 Å². The molecule has 0 radical (unpaired) electrons. The molecule has 132 valence electrons. The lowest BCUT2D eigenvalue weighted by Crippen LogP contribution is -2.37. The number of piperidine rings is 1. The highest BCUT2D eigenvalue weighted by atomic mass is 32.1. The van der Waals surface area contributed by atoms with Crippen LogP contribution in [0.2, 0.25) is 0 Å². The first-order valence-electron chi connectivity index (χ1n) is 8.99. The molecule has 4 rings (SSSR count). The number of hydrogen-bond donors (Lipinski definition) is 1. The zero-order valence-corrected chi connectivity index (χ0v) is 15.2. The van der Waals surface area contributed by atoms with Gasteiger partial charge in [-0.05, 0) is 42.2 Å². The zero-order chi connectivity index (χ0) is 17.1. The predicted molar refractivity (Wildman–Crippen MR) is 103 cm³/mol. The summed E-state index contributed by atoms with van der Waals surface area (Å²) in [6.07, 6.45) is 7.26. The minimum absolute atomic E-state index is 0.261. The molecule has 6 heteroatoms. The lowest BCUT2D eigenvalue weighted by molar-refractivity contribution is 0.208. The molecule has 0 saturated carbocycles. The Morgan fingerprint density at radius 2 is 2.08 bits per heavy atom. The molecule has 2 aliphatic rings. The molecule has 1 N–H and O–H groups in total. The normalized spacial score (nSPS) is 21.3. The first kappa shape index (κ1) is 16.5. The largest absolute Gasteiger partial charge is 0.396 e. The first-order valence-corrected chi connectivity index (χ1v) is 9.87. The van der Waals surface area contributed by atoms with Crippen LogP contribution in [0.1, 0.15) is 24.1 Å². The van der Waals surface area contributed by atoms with E-state index in [0.717, 1.165) is 57.1 Å². The molecule has 5 nitrogen and oxygen atoms in total. The maximum absolute atomic E-state index is 9.44. The SMILES string of the molecule is OCC1CCCN(c2cc(N3CC=C(c4cccs4)CC3)ncn2)C1. The molecule has 2 aromatic heterocycles. The first-order chi connectivity index (χ1) is 12.3. The van der Waals surface area contributed by atoms with Crippen LogP contribution in [0.4, 0.5) is 11.6 Å². The van der Waals surface area contributed by atoms with Crippen molar-refractivity contribution in [3.8, 4) is 0 Å². The van der Waals surface area contributed by atoms with Crippen LogP contribution in [0.15, 0.2) is 36.0 Å². The number of anilines is 2. The van der Waals surface area contributed by atoms with Crippen molar-refractivity contribution in [3.05, 3.63) is 40.9 Å². The monoisotopic (exact) mass is 356 g/mol. The van der Waals surface area contributed by atoms with E-state index >= 15 is 0 Å². The van der Waals surface area contributed by atoms with Crippen LogP contribution in [-0.4, -0.2) is 47.9 Å². The molecule has 2 aromatic rings. The molecule has 1 unspecified atom stereocenters. The van der Waals surface area contributed by atoms with Gasteiger partial charge in [0.15, 0.2) is 0 Å². The van der Waals surface area contributed by atoms with Crippen molar-refractivity contribution in [1.82, 2.24) is 9.97 Å². The summed E-state index contributed by atoms with van der Waals surface area (Å²) in [6.45, 7) is 4.03. The van der Waals surface area contributed by atoms with Gasteiger partial charge in [0.2, 0.25) is 0 Å². The van der Waals surface area contributed by atoms with E-state index in [0.29, 0.717) is 5.92 Å². The van der Waals surface area contributed by atoms with Crippen molar-refractivity contribution in [1.29, 1.82) is 0 Å². The maximum Gasteiger partial charge on any atom is 0.134 e. The summed E-state index contributed by atoms with van der Waals surface area (Å²) in [5.74, 6) is 2.34. The minimum atomic E-state index is 0.261. The summed E-state index contributed by atoms with van der Waals surface area (Å²) in [5.41, 5.74) is 1.45. The minimum Gasteiger partial charge on any atom is -0.396 e. The Labute approximate surface area is 152 Å². The predicted octanol–water partition coefficient (Wildman–Crippen LogP) is 3.04. The Morgan fingerprint density at radius 3 is 2.80 bits per heavy atom. The van der Waals surface area contributed by atoms with Gasteiger partial charge in [-0.3, -0.25) is 0 Å². The fourth-order valence-electron chi connectivity index (χ4n) is 3.67. The van der Waals surface area contributed by atoms with E-state index in [-0.39, 0.29) is 6.61 Å². The van der Waals surface area contributed by atoms with Crippen molar-refractivity contribution < 1.29 is 5.11 Å². The Morgan fingerprint density at radius 1 is 1.20 bits per heavy atom. The van der Waals surface area contributed by atoms with Crippen LogP contribution in [0.5, 0.6) is 0 Å². The summed E-state index contributed by atoms with van der Waals surface area (Å²) in [4.78, 5) is 15.0. The zero-order valence-electron chi connectivity index (χ0n) is 14.3. The Kier molecular flexibility index (Phi) is 4.99. The topological polar surface area (TPSA) is 52.5 Å². The molecular formula is C19H24N4OS. The molecule has 0 bridgehead atoms. The molecule has 0 aromatic carbocycles. The summed E-state index contributed by atoms with van der Waals surface area (Å²) in [6, 6.07) is 6.41. The summed E-state index contributed by atoms with van der Waals surface area (Å²) in [5, 5.41) is 11.6. The second-order valence-electron chi connectivity index (χ2n) is 6.77. The molecule has 0 aliphatic carbocycles. The van der Waals surface area contributed by atoms with Gasteiger partial charge < -0.3 is 14.9 Å². The van der Waals surface area contributed by atoms with Crippen molar-refractivity contribution in [2.75, 3.05) is 42.6 Å². The number of thiophene rings is 1. The molecule has 0 amide bonds. The summed E-state index contributed by atoms with van der Waals surface area (Å²) >= 11 is 1.81.